The van der Waals surface area contributed by atoms with Gasteiger partial charge in [0.2, 0.25) is 5.82 Å². The van der Waals surface area contributed by atoms with E-state index in [-0.39, 0.29) is 17.7 Å². The van der Waals surface area contributed by atoms with Crippen molar-refractivity contribution in [2.24, 2.45) is 0 Å². The third-order valence-electron chi connectivity index (χ3n) is 2.59. The molecule has 0 radical (unpaired) electrons. The summed E-state index contributed by atoms with van der Waals surface area (Å²) < 4.78 is 15.3. The number of phenolic OH excluding ortho intramolecular Hbond substituents is 1. The molecule has 2 rings (SSSR count). The van der Waals surface area contributed by atoms with Gasteiger partial charge in [-0.05, 0) is 25.1 Å². The van der Waals surface area contributed by atoms with Crippen molar-refractivity contribution >= 4 is 0 Å². The fourth-order valence-corrected chi connectivity index (χ4v) is 1.43. The third-order valence-corrected chi connectivity index (χ3v) is 2.59. The molecule has 0 aliphatic rings. The molecule has 2 aromatic rings. The number of methoxy groups -OCH3 is 2. The number of aromatic nitrogens is 2. The van der Waals surface area contributed by atoms with E-state index < -0.39 is 0 Å². The van der Waals surface area contributed by atoms with Crippen LogP contribution in [0.15, 0.2) is 22.7 Å². The zero-order chi connectivity index (χ0) is 13.1. The Bertz CT molecular complexity index is 539. The van der Waals surface area contributed by atoms with Crippen molar-refractivity contribution in [1.29, 1.82) is 0 Å². The number of hydrogen-bond acceptors (Lipinski definition) is 6. The average Bonchev–Trinajstić information content (AvgIpc) is 2.88. The van der Waals surface area contributed by atoms with Gasteiger partial charge in [-0.2, -0.15) is 4.98 Å². The van der Waals surface area contributed by atoms with E-state index in [0.717, 1.165) is 0 Å². The molecule has 0 bridgehead atoms. The molecule has 6 heteroatoms. The van der Waals surface area contributed by atoms with Crippen LogP contribution in [0, 0.1) is 0 Å². The first-order valence-corrected chi connectivity index (χ1v) is 5.39. The second-order valence-corrected chi connectivity index (χ2v) is 3.72. The van der Waals surface area contributed by atoms with Crippen LogP contribution in [-0.2, 0) is 4.74 Å². The molecule has 0 saturated heterocycles. The Morgan fingerprint density at radius 2 is 2.11 bits per heavy atom. The molecule has 0 aliphatic carbocycles. The standard InChI is InChI=1S/C12H14N2O4/c1-7(16-2)11-13-12(18-14-11)9-6-8(17-3)4-5-10(9)15/h4-7,15H,1-3H3. The van der Waals surface area contributed by atoms with Gasteiger partial charge in [-0.1, -0.05) is 5.16 Å². The smallest absolute Gasteiger partial charge is 0.261 e. The van der Waals surface area contributed by atoms with Gasteiger partial charge in [0.15, 0.2) is 0 Å². The highest BCUT2D eigenvalue weighted by atomic mass is 16.5. The Labute approximate surface area is 104 Å². The first-order valence-electron chi connectivity index (χ1n) is 5.39. The van der Waals surface area contributed by atoms with Crippen molar-refractivity contribution in [3.8, 4) is 23.0 Å². The fraction of sp³-hybridized carbons (Fsp3) is 0.333. The summed E-state index contributed by atoms with van der Waals surface area (Å²) in [6.45, 7) is 1.81. The largest absolute Gasteiger partial charge is 0.507 e. The zero-order valence-electron chi connectivity index (χ0n) is 10.4. The Morgan fingerprint density at radius 3 is 2.78 bits per heavy atom. The van der Waals surface area contributed by atoms with E-state index in [4.69, 9.17) is 14.0 Å². The highest BCUT2D eigenvalue weighted by Gasteiger charge is 2.17. The molecule has 96 valence electrons. The minimum absolute atomic E-state index is 0.0519. The molecule has 0 amide bonds. The average molecular weight is 250 g/mol. The topological polar surface area (TPSA) is 77.6 Å². The molecule has 1 heterocycles. The number of aromatic hydroxyl groups is 1. The van der Waals surface area contributed by atoms with Crippen molar-refractivity contribution < 1.29 is 19.1 Å². The van der Waals surface area contributed by atoms with E-state index in [9.17, 15) is 5.11 Å². The normalized spacial score (nSPS) is 12.4. The predicted octanol–water partition coefficient (Wildman–Crippen LogP) is 2.16. The molecule has 1 aromatic heterocycles. The number of rotatable bonds is 4. The monoisotopic (exact) mass is 250 g/mol. The Hall–Kier alpha value is -2.08. The van der Waals surface area contributed by atoms with Crippen molar-refractivity contribution in [2.75, 3.05) is 14.2 Å². The maximum absolute atomic E-state index is 9.77. The molecule has 1 N–H and O–H groups in total. The minimum Gasteiger partial charge on any atom is -0.507 e. The van der Waals surface area contributed by atoms with Gasteiger partial charge in [-0.25, -0.2) is 0 Å². The van der Waals surface area contributed by atoms with Crippen molar-refractivity contribution in [2.45, 2.75) is 13.0 Å². The number of benzene rings is 1. The van der Waals surface area contributed by atoms with E-state index in [1.54, 1.807) is 33.3 Å². The van der Waals surface area contributed by atoms with Gasteiger partial charge < -0.3 is 19.1 Å². The van der Waals surface area contributed by atoms with Crippen molar-refractivity contribution in [1.82, 2.24) is 10.1 Å². The van der Waals surface area contributed by atoms with Gasteiger partial charge in [-0.3, -0.25) is 0 Å². The summed E-state index contributed by atoms with van der Waals surface area (Å²) >= 11 is 0. The summed E-state index contributed by atoms with van der Waals surface area (Å²) in [5.41, 5.74) is 0.427. The summed E-state index contributed by atoms with van der Waals surface area (Å²) in [6, 6.07) is 4.79. The number of hydrogen-bond donors (Lipinski definition) is 1. The van der Waals surface area contributed by atoms with Crippen LogP contribution < -0.4 is 4.74 Å². The van der Waals surface area contributed by atoms with Crippen LogP contribution in [0.4, 0.5) is 0 Å². The van der Waals surface area contributed by atoms with Gasteiger partial charge in [0.1, 0.15) is 17.6 Å². The van der Waals surface area contributed by atoms with Gasteiger partial charge in [0, 0.05) is 7.11 Å². The van der Waals surface area contributed by atoms with Gasteiger partial charge in [0.05, 0.1) is 12.7 Å². The SMILES string of the molecule is COc1ccc(O)c(-c2nc(C(C)OC)no2)c1. The summed E-state index contributed by atoms with van der Waals surface area (Å²) in [5.74, 6) is 1.30. The lowest BCUT2D eigenvalue weighted by Crippen LogP contribution is -1.97. The van der Waals surface area contributed by atoms with Gasteiger partial charge >= 0.3 is 0 Å². The quantitative estimate of drug-likeness (QED) is 0.895. The molecule has 6 nitrogen and oxygen atoms in total. The first-order chi connectivity index (χ1) is 8.65. The lowest BCUT2D eigenvalue weighted by atomic mass is 10.2. The second-order valence-electron chi connectivity index (χ2n) is 3.72. The molecule has 0 saturated carbocycles. The summed E-state index contributed by atoms with van der Waals surface area (Å²) in [5, 5.41) is 13.6. The second kappa shape index (κ2) is 5.05. The molecule has 1 aromatic carbocycles. The van der Waals surface area contributed by atoms with Crippen LogP contribution in [-0.4, -0.2) is 29.5 Å². The van der Waals surface area contributed by atoms with Crippen LogP contribution in [0.1, 0.15) is 18.9 Å². The molecular formula is C12H14N2O4. The fourth-order valence-electron chi connectivity index (χ4n) is 1.43. The maximum atomic E-state index is 9.77. The van der Waals surface area contributed by atoms with Crippen LogP contribution >= 0.6 is 0 Å². The predicted molar refractivity (Wildman–Crippen MR) is 63.4 cm³/mol. The van der Waals surface area contributed by atoms with E-state index in [2.05, 4.69) is 10.1 Å². The molecule has 18 heavy (non-hydrogen) atoms. The van der Waals surface area contributed by atoms with Crippen molar-refractivity contribution in [3.05, 3.63) is 24.0 Å². The summed E-state index contributed by atoms with van der Waals surface area (Å²) in [7, 11) is 3.10. The molecular weight excluding hydrogens is 236 g/mol. The lowest BCUT2D eigenvalue weighted by molar-refractivity contribution is 0.109. The van der Waals surface area contributed by atoms with Gasteiger partial charge in [0.25, 0.3) is 5.89 Å². The van der Waals surface area contributed by atoms with E-state index >= 15 is 0 Å². The third kappa shape index (κ3) is 2.28. The van der Waals surface area contributed by atoms with Crippen LogP contribution in [0.5, 0.6) is 11.5 Å². The van der Waals surface area contributed by atoms with Crippen LogP contribution in [0.25, 0.3) is 11.5 Å². The molecule has 0 aliphatic heterocycles. The van der Waals surface area contributed by atoms with Crippen molar-refractivity contribution in [3.63, 3.8) is 0 Å². The molecule has 0 spiro atoms. The molecule has 1 atom stereocenters. The Morgan fingerprint density at radius 1 is 1.33 bits per heavy atom. The van der Waals surface area contributed by atoms with E-state index in [1.165, 1.54) is 6.07 Å². The lowest BCUT2D eigenvalue weighted by Gasteiger charge is -2.03. The highest BCUT2D eigenvalue weighted by Crippen LogP contribution is 2.32. The van der Waals surface area contributed by atoms with Crippen LogP contribution in [0.2, 0.25) is 0 Å². The molecule has 0 fully saturated rings. The minimum atomic E-state index is -0.268. The Balaban J connectivity index is 2.39. The first kappa shape index (κ1) is 12.4. The van der Waals surface area contributed by atoms with Gasteiger partial charge in [-0.15, -0.1) is 0 Å². The number of ether oxygens (including phenoxy) is 2. The number of nitrogens with zero attached hydrogens (tertiary/aromatic N) is 2. The highest BCUT2D eigenvalue weighted by molar-refractivity contribution is 5.64. The number of phenols is 1. The van der Waals surface area contributed by atoms with E-state index in [0.29, 0.717) is 17.1 Å². The summed E-state index contributed by atoms with van der Waals surface area (Å²) in [4.78, 5) is 4.17. The Kier molecular flexibility index (Phi) is 3.47. The maximum Gasteiger partial charge on any atom is 0.261 e. The zero-order valence-corrected chi connectivity index (χ0v) is 10.4. The van der Waals surface area contributed by atoms with E-state index in [1.807, 2.05) is 0 Å². The van der Waals surface area contributed by atoms with Crippen LogP contribution in [0.3, 0.4) is 0 Å². The summed E-state index contributed by atoms with van der Waals surface area (Å²) in [6.07, 6.45) is -0.268. The molecule has 1 unspecified atom stereocenters.